The molecule has 3 aliphatic rings. The number of nitro benzene ring substituents is 1. The zero-order chi connectivity index (χ0) is 39.1. The fraction of sp³-hybridized carbons (Fsp3) is 0.357. The quantitative estimate of drug-likeness (QED) is 0.0798. The average molecular weight is 763 g/mol. The molecular formula is C42H46N4O8Si. The van der Waals surface area contributed by atoms with Crippen molar-refractivity contribution in [3.05, 3.63) is 118 Å². The highest BCUT2D eigenvalue weighted by Gasteiger charge is 2.67. The number of rotatable bonds is 12. The second kappa shape index (κ2) is 15.0. The van der Waals surface area contributed by atoms with E-state index in [9.17, 15) is 24.8 Å². The van der Waals surface area contributed by atoms with Gasteiger partial charge in [-0.25, -0.2) is 0 Å². The number of ether oxygens (including phenoxy) is 2. The summed E-state index contributed by atoms with van der Waals surface area (Å²) in [5, 5.41) is 23.3. The number of benzene rings is 4. The molecule has 3 aliphatic heterocycles. The van der Waals surface area contributed by atoms with Gasteiger partial charge in [0.25, 0.3) is 11.6 Å². The molecule has 4 aromatic rings. The van der Waals surface area contributed by atoms with Crippen molar-refractivity contribution in [2.45, 2.75) is 69.1 Å². The Bertz CT molecular complexity index is 2080. The van der Waals surface area contributed by atoms with Crippen molar-refractivity contribution in [1.29, 1.82) is 0 Å². The summed E-state index contributed by atoms with van der Waals surface area (Å²) in [6, 6.07) is 28.7. The van der Waals surface area contributed by atoms with E-state index in [1.165, 1.54) is 17.0 Å². The van der Waals surface area contributed by atoms with Crippen LogP contribution in [0.2, 0.25) is 18.6 Å². The van der Waals surface area contributed by atoms with Crippen LogP contribution in [0, 0.1) is 16.0 Å². The maximum atomic E-state index is 15.2. The monoisotopic (exact) mass is 762 g/mol. The van der Waals surface area contributed by atoms with Crippen LogP contribution < -0.4 is 19.7 Å². The number of carbonyl (C=O) groups excluding carboxylic acids is 3. The fourth-order valence-electron chi connectivity index (χ4n) is 9.22. The number of nitrogens with zero attached hydrogens (tertiary/aromatic N) is 4. The molecule has 2 fully saturated rings. The van der Waals surface area contributed by atoms with E-state index in [4.69, 9.17) is 9.47 Å². The van der Waals surface area contributed by atoms with Crippen LogP contribution in [0.15, 0.2) is 97.1 Å². The lowest BCUT2D eigenvalue weighted by atomic mass is 9.82. The zero-order valence-electron chi connectivity index (χ0n) is 31.5. The molecule has 0 aliphatic carbocycles. The maximum absolute atomic E-state index is 15.2. The first-order chi connectivity index (χ1) is 26.4. The van der Waals surface area contributed by atoms with Gasteiger partial charge < -0.3 is 24.4 Å². The summed E-state index contributed by atoms with van der Waals surface area (Å²) in [6.07, 6.45) is 1.58. The van der Waals surface area contributed by atoms with Crippen LogP contribution in [0.5, 0.6) is 5.75 Å². The van der Waals surface area contributed by atoms with Crippen molar-refractivity contribution in [3.8, 4) is 5.75 Å². The minimum absolute atomic E-state index is 0.00743. The molecule has 7 rings (SSSR count). The molecule has 55 heavy (non-hydrogen) atoms. The van der Waals surface area contributed by atoms with Gasteiger partial charge in [0.05, 0.1) is 57.5 Å². The Morgan fingerprint density at radius 3 is 2.38 bits per heavy atom. The lowest BCUT2D eigenvalue weighted by molar-refractivity contribution is -0.385. The molecular weight excluding hydrogens is 717 g/mol. The molecule has 0 unspecified atom stereocenters. The number of carbonyl (C=O) groups is 3. The Labute approximate surface area is 321 Å². The Morgan fingerprint density at radius 2 is 1.75 bits per heavy atom. The number of aliphatic hydroxyl groups is 1. The number of nitro groups is 1. The SMILES string of the molecule is COc1ccc([Si](C)(C)[C@@H]2[C@@H](CC(=O)N3CCC[C@H]3CO)O[C@]3(C(=O)N(Cc4ccc(N(C=O)c5ccccc5)cc4)c4ccc([N+](=O)[O-])cc43)[C@H]2C)cc1. The molecule has 3 amide bonds. The van der Waals surface area contributed by atoms with Crippen LogP contribution in [0.25, 0.3) is 0 Å². The molecule has 4 aromatic carbocycles. The largest absolute Gasteiger partial charge is 0.497 e. The number of methoxy groups -OCH3 is 1. The van der Waals surface area contributed by atoms with Crippen LogP contribution in [0.3, 0.4) is 0 Å². The van der Waals surface area contributed by atoms with Gasteiger partial charge in [-0.2, -0.15) is 0 Å². The molecule has 286 valence electrons. The van der Waals surface area contributed by atoms with Crippen molar-refractivity contribution in [3.63, 3.8) is 0 Å². The molecule has 0 bridgehead atoms. The Hall–Kier alpha value is -5.37. The molecule has 1 N–H and O–H groups in total. The zero-order valence-corrected chi connectivity index (χ0v) is 32.5. The maximum Gasteiger partial charge on any atom is 0.269 e. The summed E-state index contributed by atoms with van der Waals surface area (Å²) in [5.41, 5.74) is 1.06. The van der Waals surface area contributed by atoms with Crippen molar-refractivity contribution in [2.24, 2.45) is 5.92 Å². The lowest BCUT2D eigenvalue weighted by Gasteiger charge is -2.37. The normalized spacial score (nSPS) is 23.3. The molecule has 2 saturated heterocycles. The highest BCUT2D eigenvalue weighted by atomic mass is 28.3. The van der Waals surface area contributed by atoms with Gasteiger partial charge in [-0.15, -0.1) is 0 Å². The second-order valence-corrected chi connectivity index (χ2v) is 19.9. The van der Waals surface area contributed by atoms with Crippen LogP contribution in [-0.2, 0) is 31.3 Å². The Kier molecular flexibility index (Phi) is 10.4. The number of hydrogen-bond acceptors (Lipinski definition) is 8. The molecule has 12 nitrogen and oxygen atoms in total. The minimum Gasteiger partial charge on any atom is -0.497 e. The van der Waals surface area contributed by atoms with E-state index >= 15 is 4.79 Å². The van der Waals surface area contributed by atoms with Crippen molar-refractivity contribution >= 4 is 54.2 Å². The number of para-hydroxylation sites is 1. The second-order valence-electron chi connectivity index (χ2n) is 15.3. The summed E-state index contributed by atoms with van der Waals surface area (Å²) in [7, 11) is -0.991. The summed E-state index contributed by atoms with van der Waals surface area (Å²) in [5.74, 6) is -0.246. The van der Waals surface area contributed by atoms with E-state index in [1.54, 1.807) is 23.0 Å². The number of non-ortho nitro benzene ring substituents is 1. The highest BCUT2D eigenvalue weighted by molar-refractivity contribution is 6.91. The van der Waals surface area contributed by atoms with Crippen molar-refractivity contribution < 1.29 is 33.9 Å². The minimum atomic E-state index is -2.60. The smallest absolute Gasteiger partial charge is 0.269 e. The van der Waals surface area contributed by atoms with Gasteiger partial charge >= 0.3 is 0 Å². The van der Waals surface area contributed by atoms with E-state index in [0.29, 0.717) is 41.3 Å². The van der Waals surface area contributed by atoms with E-state index in [1.807, 2.05) is 85.8 Å². The van der Waals surface area contributed by atoms with Crippen LogP contribution in [0.1, 0.15) is 37.3 Å². The molecule has 0 radical (unpaired) electrons. The van der Waals surface area contributed by atoms with Gasteiger partial charge in [-0.1, -0.05) is 67.7 Å². The summed E-state index contributed by atoms with van der Waals surface area (Å²) in [6.45, 7) is 6.97. The fourth-order valence-corrected chi connectivity index (χ4v) is 13.2. The molecule has 13 heteroatoms. The highest BCUT2D eigenvalue weighted by Crippen LogP contribution is 2.60. The van der Waals surface area contributed by atoms with Crippen LogP contribution in [0.4, 0.5) is 22.7 Å². The van der Waals surface area contributed by atoms with Gasteiger partial charge in [0.15, 0.2) is 5.60 Å². The molecule has 5 atom stereocenters. The summed E-state index contributed by atoms with van der Waals surface area (Å²) in [4.78, 5) is 58.0. The molecule has 0 saturated carbocycles. The Morgan fingerprint density at radius 1 is 1.05 bits per heavy atom. The summed E-state index contributed by atoms with van der Waals surface area (Å²) >= 11 is 0. The lowest BCUT2D eigenvalue weighted by Crippen LogP contribution is -2.52. The average Bonchev–Trinajstić information content (AvgIpc) is 3.86. The predicted molar refractivity (Wildman–Crippen MR) is 211 cm³/mol. The number of aliphatic hydroxyl groups excluding tert-OH is 1. The number of likely N-dealkylation sites (tertiary alicyclic amines) is 1. The predicted octanol–water partition coefficient (Wildman–Crippen LogP) is 6.03. The topological polar surface area (TPSA) is 143 Å². The third-order valence-electron chi connectivity index (χ3n) is 12.0. The third kappa shape index (κ3) is 6.59. The van der Waals surface area contributed by atoms with E-state index in [-0.39, 0.29) is 48.7 Å². The Balaban J connectivity index is 1.28. The number of hydrogen-bond donors (Lipinski definition) is 1. The van der Waals surface area contributed by atoms with E-state index < -0.39 is 30.6 Å². The van der Waals surface area contributed by atoms with Gasteiger partial charge in [0.1, 0.15) is 5.75 Å². The number of amides is 3. The molecule has 1 spiro atoms. The summed E-state index contributed by atoms with van der Waals surface area (Å²) < 4.78 is 12.5. The van der Waals surface area contributed by atoms with E-state index in [2.05, 4.69) is 13.1 Å². The first kappa shape index (κ1) is 37.9. The van der Waals surface area contributed by atoms with Gasteiger partial charge in [0, 0.05) is 41.5 Å². The third-order valence-corrected chi connectivity index (χ3v) is 16.4. The standard InChI is InChI=1S/C42H46N4O8Si/c1-28-40(55(3,4)35-19-17-34(53-2)18-20-35)38(24-39(49)43-22-8-11-33(43)26-47)54-42(28)36-23-32(46(51)52)16-21-37(36)44(41(42)50)25-29-12-14-31(15-13-29)45(27-48)30-9-6-5-7-10-30/h5-7,9-10,12-21,23,27-28,33,38,40,47H,8,11,22,24-26H2,1-4H3/t28-,33-,38+,40-,42+/m0/s1. The van der Waals surface area contributed by atoms with Crippen molar-refractivity contribution in [2.75, 3.05) is 30.1 Å². The molecule has 0 aromatic heterocycles. The first-order valence-electron chi connectivity index (χ1n) is 18.7. The number of fused-ring (bicyclic) bond motifs is 2. The van der Waals surface area contributed by atoms with Crippen LogP contribution in [-0.4, -0.2) is 73.6 Å². The van der Waals surface area contributed by atoms with Crippen molar-refractivity contribution in [1.82, 2.24) is 4.90 Å². The molecule has 3 heterocycles. The van der Waals surface area contributed by atoms with Gasteiger partial charge in [-0.05, 0) is 66.4 Å². The van der Waals surface area contributed by atoms with E-state index in [0.717, 1.165) is 23.6 Å². The first-order valence-corrected chi connectivity index (χ1v) is 21.7. The van der Waals surface area contributed by atoms with Gasteiger partial charge in [0.2, 0.25) is 12.3 Å². The number of anilines is 3. The van der Waals surface area contributed by atoms with Gasteiger partial charge in [-0.3, -0.25) is 29.4 Å². The van der Waals surface area contributed by atoms with Crippen LogP contribution >= 0.6 is 0 Å².